The largest absolute Gasteiger partial charge is 0.352 e. The molecule has 0 bridgehead atoms. The zero-order chi connectivity index (χ0) is 14.2. The molecule has 3 heteroatoms. The van der Waals surface area contributed by atoms with Crippen LogP contribution in [0.1, 0.15) is 31.2 Å². The van der Waals surface area contributed by atoms with Crippen LogP contribution in [0.25, 0.3) is 10.9 Å². The fourth-order valence-corrected chi connectivity index (χ4v) is 4.02. The maximum Gasteiger partial charge on any atom is 0.132 e. The lowest BCUT2D eigenvalue weighted by Gasteiger charge is -2.31. The van der Waals surface area contributed by atoms with E-state index in [0.29, 0.717) is 12.1 Å². The van der Waals surface area contributed by atoms with E-state index in [0.717, 1.165) is 12.1 Å². The van der Waals surface area contributed by atoms with Gasteiger partial charge in [0.1, 0.15) is 5.82 Å². The fraction of sp³-hybridized carbons (Fsp3) is 0.500. The molecule has 2 atom stereocenters. The molecule has 0 saturated carbocycles. The molecule has 2 saturated heterocycles. The first kappa shape index (κ1) is 13.1. The second kappa shape index (κ2) is 5.30. The van der Waals surface area contributed by atoms with Crippen LogP contribution in [0.4, 0.5) is 5.82 Å². The number of para-hydroxylation sites is 1. The van der Waals surface area contributed by atoms with Gasteiger partial charge < -0.3 is 10.2 Å². The number of hydrogen-bond donors (Lipinski definition) is 1. The molecule has 1 N–H and O–H groups in total. The molecule has 2 aromatic rings. The van der Waals surface area contributed by atoms with Gasteiger partial charge in [0, 0.05) is 24.0 Å². The maximum absolute atomic E-state index is 4.98. The van der Waals surface area contributed by atoms with Crippen molar-refractivity contribution in [2.75, 3.05) is 18.0 Å². The Kier molecular flexibility index (Phi) is 3.30. The molecule has 110 valence electrons. The van der Waals surface area contributed by atoms with Crippen LogP contribution in [-0.4, -0.2) is 30.2 Å². The van der Waals surface area contributed by atoms with Gasteiger partial charge >= 0.3 is 0 Å². The summed E-state index contributed by atoms with van der Waals surface area (Å²) in [6, 6.07) is 12.0. The second-order valence-corrected chi connectivity index (χ2v) is 6.43. The number of benzene rings is 1. The topological polar surface area (TPSA) is 28.2 Å². The summed E-state index contributed by atoms with van der Waals surface area (Å²) in [5.74, 6) is 1.20. The number of nitrogens with one attached hydrogen (secondary N) is 1. The Morgan fingerprint density at radius 2 is 2.10 bits per heavy atom. The molecule has 0 spiro atoms. The van der Waals surface area contributed by atoms with E-state index in [4.69, 9.17) is 4.98 Å². The lowest BCUT2D eigenvalue weighted by atomic mass is 10.0. The Labute approximate surface area is 126 Å². The minimum absolute atomic E-state index is 0.625. The Hall–Kier alpha value is -1.61. The highest BCUT2D eigenvalue weighted by Crippen LogP contribution is 2.32. The highest BCUT2D eigenvalue weighted by atomic mass is 15.3. The second-order valence-electron chi connectivity index (χ2n) is 6.43. The van der Waals surface area contributed by atoms with Crippen molar-refractivity contribution in [1.29, 1.82) is 0 Å². The molecule has 2 aliphatic rings. The molecule has 2 fully saturated rings. The van der Waals surface area contributed by atoms with Crippen molar-refractivity contribution in [3.63, 3.8) is 0 Å². The molecule has 3 heterocycles. The van der Waals surface area contributed by atoms with Gasteiger partial charge in [-0.2, -0.15) is 0 Å². The summed E-state index contributed by atoms with van der Waals surface area (Å²) < 4.78 is 0. The van der Waals surface area contributed by atoms with Gasteiger partial charge in [-0.1, -0.05) is 18.2 Å². The molecule has 2 aliphatic heterocycles. The molecule has 1 aromatic carbocycles. The maximum atomic E-state index is 4.98. The molecule has 2 unspecified atom stereocenters. The van der Waals surface area contributed by atoms with Crippen molar-refractivity contribution in [3.8, 4) is 0 Å². The van der Waals surface area contributed by atoms with Crippen LogP contribution in [0.5, 0.6) is 0 Å². The summed E-state index contributed by atoms with van der Waals surface area (Å²) in [6.45, 7) is 4.53. The third-order valence-corrected chi connectivity index (χ3v) is 5.02. The van der Waals surface area contributed by atoms with Gasteiger partial charge in [0.25, 0.3) is 0 Å². The predicted molar refractivity (Wildman–Crippen MR) is 87.9 cm³/mol. The Morgan fingerprint density at radius 1 is 1.19 bits per heavy atom. The van der Waals surface area contributed by atoms with E-state index in [9.17, 15) is 0 Å². The van der Waals surface area contributed by atoms with E-state index >= 15 is 0 Å². The molecule has 0 aliphatic carbocycles. The lowest BCUT2D eigenvalue weighted by Crippen LogP contribution is -2.44. The van der Waals surface area contributed by atoms with Crippen molar-refractivity contribution >= 4 is 16.7 Å². The van der Waals surface area contributed by atoms with Crippen LogP contribution in [0, 0.1) is 6.92 Å². The number of nitrogens with zero attached hydrogens (tertiary/aromatic N) is 2. The lowest BCUT2D eigenvalue weighted by molar-refractivity contribution is 0.481. The van der Waals surface area contributed by atoms with Gasteiger partial charge in [-0.05, 0) is 56.8 Å². The molecule has 0 amide bonds. The van der Waals surface area contributed by atoms with Crippen molar-refractivity contribution < 1.29 is 0 Å². The SMILES string of the molecule is Cc1cc2ccccc2nc1N1CCCC1C1CCCN1. The zero-order valence-electron chi connectivity index (χ0n) is 12.7. The van der Waals surface area contributed by atoms with Crippen LogP contribution < -0.4 is 10.2 Å². The number of aromatic nitrogens is 1. The summed E-state index contributed by atoms with van der Waals surface area (Å²) in [6.07, 6.45) is 5.22. The van der Waals surface area contributed by atoms with E-state index in [1.54, 1.807) is 0 Å². The minimum Gasteiger partial charge on any atom is -0.352 e. The van der Waals surface area contributed by atoms with Crippen LogP contribution in [0.15, 0.2) is 30.3 Å². The van der Waals surface area contributed by atoms with Gasteiger partial charge in [-0.3, -0.25) is 0 Å². The van der Waals surface area contributed by atoms with E-state index in [-0.39, 0.29) is 0 Å². The predicted octanol–water partition coefficient (Wildman–Crippen LogP) is 3.26. The van der Waals surface area contributed by atoms with Gasteiger partial charge in [-0.25, -0.2) is 4.98 Å². The van der Waals surface area contributed by atoms with Crippen LogP contribution in [0.2, 0.25) is 0 Å². The van der Waals surface area contributed by atoms with Gasteiger partial charge in [-0.15, -0.1) is 0 Å². The van der Waals surface area contributed by atoms with E-state index in [2.05, 4.69) is 47.5 Å². The average Bonchev–Trinajstić information content (AvgIpc) is 3.17. The normalized spacial score (nSPS) is 25.9. The zero-order valence-corrected chi connectivity index (χ0v) is 12.7. The molecule has 4 rings (SSSR count). The average molecular weight is 281 g/mol. The Balaban J connectivity index is 1.72. The van der Waals surface area contributed by atoms with Crippen LogP contribution in [-0.2, 0) is 0 Å². The molecule has 1 aromatic heterocycles. The highest BCUT2D eigenvalue weighted by Gasteiger charge is 2.34. The van der Waals surface area contributed by atoms with Gasteiger partial charge in [0.2, 0.25) is 0 Å². The van der Waals surface area contributed by atoms with Crippen molar-refractivity contribution in [2.24, 2.45) is 0 Å². The molecular formula is C18H23N3. The summed E-state index contributed by atoms with van der Waals surface area (Å²) >= 11 is 0. The Morgan fingerprint density at radius 3 is 2.95 bits per heavy atom. The highest BCUT2D eigenvalue weighted by molar-refractivity contribution is 5.81. The first-order valence-electron chi connectivity index (χ1n) is 8.19. The van der Waals surface area contributed by atoms with Crippen molar-refractivity contribution in [2.45, 2.75) is 44.7 Å². The summed E-state index contributed by atoms with van der Waals surface area (Å²) in [7, 11) is 0. The number of anilines is 1. The molecule has 3 nitrogen and oxygen atoms in total. The van der Waals surface area contributed by atoms with E-state index in [1.165, 1.54) is 49.0 Å². The number of hydrogen-bond acceptors (Lipinski definition) is 3. The van der Waals surface area contributed by atoms with Crippen LogP contribution >= 0.6 is 0 Å². The number of pyridine rings is 1. The standard InChI is InChI=1S/C18H23N3/c1-13-12-14-6-2-3-7-15(14)20-18(13)21-11-5-9-17(21)16-8-4-10-19-16/h2-3,6-7,12,16-17,19H,4-5,8-11H2,1H3. The summed E-state index contributed by atoms with van der Waals surface area (Å²) in [5.41, 5.74) is 2.42. The van der Waals surface area contributed by atoms with Crippen molar-refractivity contribution in [3.05, 3.63) is 35.9 Å². The summed E-state index contributed by atoms with van der Waals surface area (Å²) in [5, 5.41) is 4.93. The summed E-state index contributed by atoms with van der Waals surface area (Å²) in [4.78, 5) is 7.54. The van der Waals surface area contributed by atoms with E-state index < -0.39 is 0 Å². The van der Waals surface area contributed by atoms with Crippen molar-refractivity contribution in [1.82, 2.24) is 10.3 Å². The fourth-order valence-electron chi connectivity index (χ4n) is 4.02. The third kappa shape index (κ3) is 2.30. The minimum atomic E-state index is 0.625. The first-order valence-corrected chi connectivity index (χ1v) is 8.19. The third-order valence-electron chi connectivity index (χ3n) is 5.02. The number of fused-ring (bicyclic) bond motifs is 1. The van der Waals surface area contributed by atoms with E-state index in [1.807, 2.05) is 0 Å². The number of aryl methyl sites for hydroxylation is 1. The Bertz CT molecular complexity index is 646. The first-order chi connectivity index (χ1) is 10.3. The quantitative estimate of drug-likeness (QED) is 0.916. The molecular weight excluding hydrogens is 258 g/mol. The molecule has 21 heavy (non-hydrogen) atoms. The monoisotopic (exact) mass is 281 g/mol. The van der Waals surface area contributed by atoms with Gasteiger partial charge in [0.05, 0.1) is 5.52 Å². The molecule has 0 radical (unpaired) electrons. The van der Waals surface area contributed by atoms with Crippen LogP contribution in [0.3, 0.4) is 0 Å². The smallest absolute Gasteiger partial charge is 0.132 e. The number of rotatable bonds is 2. The van der Waals surface area contributed by atoms with Gasteiger partial charge in [0.15, 0.2) is 0 Å².